The molecule has 2 heterocycles. The van der Waals surface area contributed by atoms with Crippen molar-refractivity contribution in [2.45, 2.75) is 32.5 Å². The number of benzene rings is 2. The zero-order valence-electron chi connectivity index (χ0n) is 14.5. The summed E-state index contributed by atoms with van der Waals surface area (Å²) in [4.78, 5) is 14.7. The first-order valence-corrected chi connectivity index (χ1v) is 8.65. The largest absolute Gasteiger partial charge is 0.508 e. The molecule has 4 rings (SSSR count). The van der Waals surface area contributed by atoms with E-state index >= 15 is 0 Å². The van der Waals surface area contributed by atoms with Crippen molar-refractivity contribution in [3.8, 4) is 5.75 Å². The number of carbonyl (C=O) groups is 1. The summed E-state index contributed by atoms with van der Waals surface area (Å²) in [6, 6.07) is 16.7. The molecule has 132 valence electrons. The highest BCUT2D eigenvalue weighted by atomic mass is 16.3. The summed E-state index contributed by atoms with van der Waals surface area (Å²) in [5.74, 6) is 1.89. The quantitative estimate of drug-likeness (QED) is 0.787. The van der Waals surface area contributed by atoms with E-state index in [1.165, 1.54) is 0 Å². The van der Waals surface area contributed by atoms with E-state index in [0.717, 1.165) is 22.8 Å². The molecule has 6 nitrogen and oxygen atoms in total. The van der Waals surface area contributed by atoms with Gasteiger partial charge < -0.3 is 14.6 Å². The molecule has 1 atom stereocenters. The first-order chi connectivity index (χ1) is 12.6. The predicted octanol–water partition coefficient (Wildman–Crippen LogP) is 2.68. The van der Waals surface area contributed by atoms with Crippen LogP contribution in [-0.2, 0) is 24.3 Å². The minimum Gasteiger partial charge on any atom is -0.508 e. The average molecular weight is 348 g/mol. The maximum atomic E-state index is 12.9. The van der Waals surface area contributed by atoms with E-state index in [1.807, 2.05) is 58.9 Å². The summed E-state index contributed by atoms with van der Waals surface area (Å²) in [5, 5.41) is 18.0. The zero-order valence-corrected chi connectivity index (χ0v) is 14.5. The number of carbonyl (C=O) groups excluding carboxylic acids is 1. The first-order valence-electron chi connectivity index (χ1n) is 8.65. The number of hydrogen-bond donors (Lipinski definition) is 1. The van der Waals surface area contributed by atoms with Gasteiger partial charge >= 0.3 is 0 Å². The molecular formula is C20H20N4O2. The van der Waals surface area contributed by atoms with E-state index < -0.39 is 0 Å². The average Bonchev–Trinajstić information content (AvgIpc) is 3.05. The zero-order chi connectivity index (χ0) is 18.1. The summed E-state index contributed by atoms with van der Waals surface area (Å²) in [5.41, 5.74) is 2.12. The lowest BCUT2D eigenvalue weighted by Gasteiger charge is -2.32. The van der Waals surface area contributed by atoms with Crippen LogP contribution >= 0.6 is 0 Å². The normalized spacial score (nSPS) is 16.6. The van der Waals surface area contributed by atoms with Gasteiger partial charge in [-0.3, -0.25) is 4.79 Å². The third kappa shape index (κ3) is 3.06. The lowest BCUT2D eigenvalue weighted by atomic mass is 10.1. The van der Waals surface area contributed by atoms with Crippen LogP contribution in [0.1, 0.15) is 35.7 Å². The van der Waals surface area contributed by atoms with Gasteiger partial charge in [0.1, 0.15) is 17.6 Å². The van der Waals surface area contributed by atoms with Gasteiger partial charge in [0, 0.05) is 13.0 Å². The van der Waals surface area contributed by atoms with Gasteiger partial charge in [-0.1, -0.05) is 42.5 Å². The van der Waals surface area contributed by atoms with Gasteiger partial charge in [-0.25, -0.2) is 0 Å². The van der Waals surface area contributed by atoms with Crippen molar-refractivity contribution in [2.75, 3.05) is 0 Å². The Balaban J connectivity index is 1.57. The fraction of sp³-hybridized carbons (Fsp3) is 0.250. The summed E-state index contributed by atoms with van der Waals surface area (Å²) in [6.45, 7) is 2.93. The molecule has 26 heavy (non-hydrogen) atoms. The van der Waals surface area contributed by atoms with Crippen molar-refractivity contribution >= 4 is 5.91 Å². The fourth-order valence-electron chi connectivity index (χ4n) is 3.39. The molecule has 0 bridgehead atoms. The molecule has 0 spiro atoms. The van der Waals surface area contributed by atoms with Gasteiger partial charge in [0.05, 0.1) is 6.54 Å². The number of phenolic OH excluding ortho intramolecular Hbond substituents is 1. The monoisotopic (exact) mass is 348 g/mol. The van der Waals surface area contributed by atoms with Crippen molar-refractivity contribution in [3.63, 3.8) is 0 Å². The van der Waals surface area contributed by atoms with Gasteiger partial charge in [0.25, 0.3) is 0 Å². The molecule has 0 saturated carbocycles. The van der Waals surface area contributed by atoms with Gasteiger partial charge in [-0.05, 0) is 30.2 Å². The molecule has 0 saturated heterocycles. The van der Waals surface area contributed by atoms with Crippen LogP contribution in [0.4, 0.5) is 0 Å². The second kappa shape index (κ2) is 6.63. The van der Waals surface area contributed by atoms with Gasteiger partial charge in [-0.2, -0.15) is 0 Å². The van der Waals surface area contributed by atoms with E-state index in [9.17, 15) is 9.90 Å². The minimum atomic E-state index is -0.329. The maximum absolute atomic E-state index is 12.9. The summed E-state index contributed by atoms with van der Waals surface area (Å²) >= 11 is 0. The van der Waals surface area contributed by atoms with Crippen LogP contribution in [0.3, 0.4) is 0 Å². The molecule has 1 N–H and O–H groups in total. The fourth-order valence-corrected chi connectivity index (χ4v) is 3.39. The molecule has 3 aromatic rings. The Kier molecular flexibility index (Phi) is 4.16. The molecule has 0 fully saturated rings. The molecular weight excluding hydrogens is 328 g/mol. The minimum absolute atomic E-state index is 0.0770. The maximum Gasteiger partial charge on any atom is 0.246 e. The van der Waals surface area contributed by atoms with Crippen LogP contribution in [0.2, 0.25) is 0 Å². The summed E-state index contributed by atoms with van der Waals surface area (Å²) < 4.78 is 1.94. The van der Waals surface area contributed by atoms with E-state index in [2.05, 4.69) is 10.2 Å². The van der Waals surface area contributed by atoms with E-state index in [0.29, 0.717) is 19.5 Å². The van der Waals surface area contributed by atoms with Crippen molar-refractivity contribution in [3.05, 3.63) is 77.4 Å². The van der Waals surface area contributed by atoms with Crippen LogP contribution in [0.25, 0.3) is 0 Å². The smallest absolute Gasteiger partial charge is 0.246 e. The van der Waals surface area contributed by atoms with Gasteiger partial charge in [0.15, 0.2) is 5.82 Å². The van der Waals surface area contributed by atoms with Crippen LogP contribution in [0.15, 0.2) is 54.6 Å². The third-order valence-electron chi connectivity index (χ3n) is 4.74. The molecule has 0 aliphatic carbocycles. The number of rotatable bonds is 4. The summed E-state index contributed by atoms with van der Waals surface area (Å²) in [7, 11) is 0. The molecule has 2 aromatic carbocycles. The van der Waals surface area contributed by atoms with E-state index in [-0.39, 0.29) is 17.7 Å². The SMILES string of the molecule is C[C@H]1C(=O)N(Cc2ccccc2)Cc2nnc(Cc3ccc(O)cc3)n21. The highest BCUT2D eigenvalue weighted by Gasteiger charge is 2.33. The third-order valence-corrected chi connectivity index (χ3v) is 4.74. The first kappa shape index (κ1) is 16.3. The Morgan fingerprint density at radius 2 is 1.77 bits per heavy atom. The second-order valence-corrected chi connectivity index (χ2v) is 6.60. The Labute approximate surface area is 151 Å². The standard InChI is InChI=1S/C20H20N4O2/c1-14-20(26)23(12-16-5-3-2-4-6-16)13-19-22-21-18(24(14)19)11-15-7-9-17(25)10-8-15/h2-10,14,25H,11-13H2,1H3/t14-/m0/s1. The Bertz CT molecular complexity index is 919. The van der Waals surface area contributed by atoms with Crippen molar-refractivity contribution in [1.82, 2.24) is 19.7 Å². The van der Waals surface area contributed by atoms with Crippen molar-refractivity contribution < 1.29 is 9.90 Å². The summed E-state index contributed by atoms with van der Waals surface area (Å²) in [6.07, 6.45) is 0.573. The molecule has 1 amide bonds. The van der Waals surface area contributed by atoms with Gasteiger partial charge in [0.2, 0.25) is 5.91 Å². The molecule has 1 aromatic heterocycles. The Morgan fingerprint density at radius 3 is 2.50 bits per heavy atom. The number of aromatic hydroxyl groups is 1. The molecule has 0 radical (unpaired) electrons. The lowest BCUT2D eigenvalue weighted by molar-refractivity contribution is -0.137. The number of phenols is 1. The topological polar surface area (TPSA) is 71.2 Å². The van der Waals surface area contributed by atoms with Crippen LogP contribution in [-0.4, -0.2) is 30.7 Å². The molecule has 0 unspecified atom stereocenters. The Hall–Kier alpha value is -3.15. The lowest BCUT2D eigenvalue weighted by Crippen LogP contribution is -2.41. The number of nitrogens with zero attached hydrogens (tertiary/aromatic N) is 4. The second-order valence-electron chi connectivity index (χ2n) is 6.60. The highest BCUT2D eigenvalue weighted by molar-refractivity contribution is 5.81. The molecule has 1 aliphatic rings. The predicted molar refractivity (Wildman–Crippen MR) is 96.3 cm³/mol. The number of fused-ring (bicyclic) bond motifs is 1. The van der Waals surface area contributed by atoms with Crippen LogP contribution in [0, 0.1) is 0 Å². The van der Waals surface area contributed by atoms with Crippen molar-refractivity contribution in [1.29, 1.82) is 0 Å². The van der Waals surface area contributed by atoms with Crippen LogP contribution in [0.5, 0.6) is 5.75 Å². The molecule has 6 heteroatoms. The van der Waals surface area contributed by atoms with E-state index in [1.54, 1.807) is 12.1 Å². The van der Waals surface area contributed by atoms with Gasteiger partial charge in [-0.15, -0.1) is 10.2 Å². The number of amides is 1. The number of aromatic nitrogens is 3. The Morgan fingerprint density at radius 1 is 1.04 bits per heavy atom. The number of hydrogen-bond acceptors (Lipinski definition) is 4. The van der Waals surface area contributed by atoms with E-state index in [4.69, 9.17) is 0 Å². The van der Waals surface area contributed by atoms with Crippen molar-refractivity contribution in [2.24, 2.45) is 0 Å². The molecule has 1 aliphatic heterocycles. The van der Waals surface area contributed by atoms with Crippen LogP contribution < -0.4 is 0 Å². The highest BCUT2D eigenvalue weighted by Crippen LogP contribution is 2.25.